The van der Waals surface area contributed by atoms with E-state index in [0.717, 1.165) is 18.2 Å². The molecule has 1 heterocycles. The van der Waals surface area contributed by atoms with Crippen molar-refractivity contribution in [3.63, 3.8) is 0 Å². The van der Waals surface area contributed by atoms with Crippen LogP contribution in [0.1, 0.15) is 24.2 Å². The highest BCUT2D eigenvalue weighted by Crippen LogP contribution is 2.30. The van der Waals surface area contributed by atoms with Crippen LogP contribution < -0.4 is 5.43 Å². The molecule has 0 aliphatic rings. The molecule has 18 heavy (non-hydrogen) atoms. The van der Waals surface area contributed by atoms with Gasteiger partial charge in [0.25, 0.3) is 0 Å². The Morgan fingerprint density at radius 1 is 1.33 bits per heavy atom. The van der Waals surface area contributed by atoms with Gasteiger partial charge in [-0.05, 0) is 25.1 Å². The summed E-state index contributed by atoms with van der Waals surface area (Å²) < 4.78 is 37.5. The molecular weight excluding hydrogens is 247 g/mol. The van der Waals surface area contributed by atoms with E-state index < -0.39 is 23.3 Å². The van der Waals surface area contributed by atoms with Crippen LogP contribution >= 0.6 is 0 Å². The molecule has 2 aromatic rings. The first-order valence-corrected chi connectivity index (χ1v) is 5.21. The van der Waals surface area contributed by atoms with Crippen molar-refractivity contribution < 1.29 is 18.3 Å². The number of aliphatic hydroxyl groups is 1. The van der Waals surface area contributed by atoms with E-state index in [2.05, 4.69) is 4.98 Å². The Balaban J connectivity index is 2.69. The lowest BCUT2D eigenvalue weighted by atomic mass is 10.1. The van der Waals surface area contributed by atoms with Gasteiger partial charge in [0.2, 0.25) is 0 Å². The minimum atomic E-state index is -4.45. The van der Waals surface area contributed by atoms with E-state index in [4.69, 9.17) is 0 Å². The summed E-state index contributed by atoms with van der Waals surface area (Å²) >= 11 is 0. The Morgan fingerprint density at radius 2 is 2.00 bits per heavy atom. The van der Waals surface area contributed by atoms with Crippen LogP contribution in [0.4, 0.5) is 13.2 Å². The lowest BCUT2D eigenvalue weighted by Gasteiger charge is -2.09. The molecule has 0 saturated carbocycles. The van der Waals surface area contributed by atoms with Gasteiger partial charge in [0.15, 0.2) is 5.43 Å². The van der Waals surface area contributed by atoms with Crippen molar-refractivity contribution in [2.75, 3.05) is 0 Å². The van der Waals surface area contributed by atoms with Crippen LogP contribution in [0.2, 0.25) is 0 Å². The van der Waals surface area contributed by atoms with Gasteiger partial charge in [-0.15, -0.1) is 0 Å². The smallest absolute Gasteiger partial charge is 0.389 e. The number of benzene rings is 1. The molecule has 0 spiro atoms. The number of pyridine rings is 1. The maximum Gasteiger partial charge on any atom is 0.416 e. The lowest BCUT2D eigenvalue weighted by molar-refractivity contribution is -0.137. The first-order chi connectivity index (χ1) is 8.30. The van der Waals surface area contributed by atoms with Gasteiger partial charge in [0.1, 0.15) is 0 Å². The summed E-state index contributed by atoms with van der Waals surface area (Å²) in [6.07, 6.45) is -4.19. The number of aliphatic hydroxyl groups excluding tert-OH is 1. The Morgan fingerprint density at radius 3 is 2.56 bits per heavy atom. The number of fused-ring (bicyclic) bond motifs is 1. The minimum Gasteiger partial charge on any atom is -0.389 e. The predicted octanol–water partition coefficient (Wildman–Crippen LogP) is 2.60. The lowest BCUT2D eigenvalue weighted by Crippen LogP contribution is -2.13. The van der Waals surface area contributed by atoms with Gasteiger partial charge >= 0.3 is 6.18 Å². The Labute approximate surface area is 99.9 Å². The van der Waals surface area contributed by atoms with E-state index >= 15 is 0 Å². The van der Waals surface area contributed by atoms with Gasteiger partial charge in [0, 0.05) is 22.7 Å². The van der Waals surface area contributed by atoms with Crippen LogP contribution in [0.15, 0.2) is 29.2 Å². The molecule has 0 radical (unpaired) electrons. The summed E-state index contributed by atoms with van der Waals surface area (Å²) in [5, 5.41) is 9.47. The van der Waals surface area contributed by atoms with Crippen molar-refractivity contribution in [1.29, 1.82) is 0 Å². The van der Waals surface area contributed by atoms with Crippen LogP contribution in [0, 0.1) is 0 Å². The average Bonchev–Trinajstić information content (AvgIpc) is 2.27. The molecule has 1 atom stereocenters. The van der Waals surface area contributed by atoms with Crippen LogP contribution in [0.25, 0.3) is 10.9 Å². The molecule has 1 unspecified atom stereocenters. The summed E-state index contributed by atoms with van der Waals surface area (Å²) in [6.45, 7) is 1.42. The first-order valence-electron chi connectivity index (χ1n) is 5.21. The minimum absolute atomic E-state index is 0.0965. The number of H-pyrrole nitrogens is 1. The van der Waals surface area contributed by atoms with Crippen molar-refractivity contribution in [1.82, 2.24) is 4.98 Å². The third-order valence-corrected chi connectivity index (χ3v) is 2.69. The maximum atomic E-state index is 12.5. The highest BCUT2D eigenvalue weighted by atomic mass is 19.4. The highest BCUT2D eigenvalue weighted by Gasteiger charge is 2.30. The molecule has 0 amide bonds. The van der Waals surface area contributed by atoms with Crippen LogP contribution in [0.5, 0.6) is 0 Å². The predicted molar refractivity (Wildman–Crippen MR) is 60.2 cm³/mol. The zero-order valence-electron chi connectivity index (χ0n) is 9.38. The van der Waals surface area contributed by atoms with Crippen molar-refractivity contribution in [2.45, 2.75) is 19.2 Å². The third kappa shape index (κ3) is 2.11. The molecule has 2 N–H and O–H groups in total. The molecule has 3 nitrogen and oxygen atoms in total. The number of hydrogen-bond acceptors (Lipinski definition) is 2. The molecule has 96 valence electrons. The molecule has 0 fully saturated rings. The quantitative estimate of drug-likeness (QED) is 0.825. The van der Waals surface area contributed by atoms with Crippen LogP contribution in [-0.4, -0.2) is 10.1 Å². The fourth-order valence-corrected chi connectivity index (χ4v) is 1.72. The summed E-state index contributed by atoms with van der Waals surface area (Å²) in [6, 6.07) is 2.84. The van der Waals surface area contributed by atoms with Gasteiger partial charge in [-0.25, -0.2) is 0 Å². The second-order valence-corrected chi connectivity index (χ2v) is 4.01. The molecular formula is C12H10F3NO2. The number of alkyl halides is 3. The fourth-order valence-electron chi connectivity index (χ4n) is 1.72. The summed E-state index contributed by atoms with van der Waals surface area (Å²) in [4.78, 5) is 14.5. The first kappa shape index (κ1) is 12.6. The SMILES string of the molecule is CC(O)c1c[nH]c2cc(C(F)(F)F)ccc2c1=O. The van der Waals surface area contributed by atoms with Crippen molar-refractivity contribution in [2.24, 2.45) is 0 Å². The Hall–Kier alpha value is -1.82. The maximum absolute atomic E-state index is 12.5. The molecule has 6 heteroatoms. The van der Waals surface area contributed by atoms with Crippen LogP contribution in [0.3, 0.4) is 0 Å². The standard InChI is InChI=1S/C12H10F3NO2/c1-6(17)9-5-16-10-4-7(12(13,14)15)2-3-8(10)11(9)18/h2-6,17H,1H3,(H,16,18). The topological polar surface area (TPSA) is 53.1 Å². The van der Waals surface area contributed by atoms with Gasteiger partial charge in [-0.3, -0.25) is 4.79 Å². The second-order valence-electron chi connectivity index (χ2n) is 4.01. The monoisotopic (exact) mass is 257 g/mol. The van der Waals surface area contributed by atoms with E-state index in [1.54, 1.807) is 0 Å². The number of rotatable bonds is 1. The summed E-state index contributed by atoms with van der Waals surface area (Å²) in [5.41, 5.74) is -1.07. The van der Waals surface area contributed by atoms with Gasteiger partial charge in [-0.2, -0.15) is 13.2 Å². The number of hydrogen-bond donors (Lipinski definition) is 2. The Kier molecular flexibility index (Phi) is 2.90. The molecule has 2 rings (SSSR count). The number of aromatic nitrogens is 1. The van der Waals surface area contributed by atoms with Crippen LogP contribution in [-0.2, 0) is 6.18 Å². The number of aromatic amines is 1. The van der Waals surface area contributed by atoms with Crippen molar-refractivity contribution in [3.05, 3.63) is 45.7 Å². The van der Waals surface area contributed by atoms with Crippen molar-refractivity contribution >= 4 is 10.9 Å². The van der Waals surface area contributed by atoms with Gasteiger partial charge in [-0.1, -0.05) is 0 Å². The average molecular weight is 257 g/mol. The van der Waals surface area contributed by atoms with E-state index in [1.165, 1.54) is 13.1 Å². The van der Waals surface area contributed by atoms with E-state index in [-0.39, 0.29) is 16.5 Å². The summed E-state index contributed by atoms with van der Waals surface area (Å²) in [5.74, 6) is 0. The zero-order chi connectivity index (χ0) is 13.5. The van der Waals surface area contributed by atoms with E-state index in [0.29, 0.717) is 0 Å². The third-order valence-electron chi connectivity index (χ3n) is 2.69. The van der Waals surface area contributed by atoms with Gasteiger partial charge < -0.3 is 10.1 Å². The Bertz CT molecular complexity index is 644. The molecule has 0 saturated heterocycles. The second kappa shape index (κ2) is 4.13. The normalized spacial score (nSPS) is 13.8. The highest BCUT2D eigenvalue weighted by molar-refractivity contribution is 5.79. The number of halogens is 3. The summed E-state index contributed by atoms with van der Waals surface area (Å²) in [7, 11) is 0. The molecule has 1 aromatic carbocycles. The largest absolute Gasteiger partial charge is 0.416 e. The van der Waals surface area contributed by atoms with E-state index in [1.807, 2.05) is 0 Å². The zero-order valence-corrected chi connectivity index (χ0v) is 9.38. The van der Waals surface area contributed by atoms with E-state index in [9.17, 15) is 23.1 Å². The van der Waals surface area contributed by atoms with Gasteiger partial charge in [0.05, 0.1) is 11.7 Å². The fraction of sp³-hybridized carbons (Fsp3) is 0.250. The molecule has 1 aromatic heterocycles. The molecule has 0 bridgehead atoms. The number of nitrogens with one attached hydrogen (secondary N) is 1. The molecule has 0 aliphatic carbocycles. The molecule has 0 aliphatic heterocycles. The van der Waals surface area contributed by atoms with Crippen molar-refractivity contribution in [3.8, 4) is 0 Å².